The summed E-state index contributed by atoms with van der Waals surface area (Å²) in [4.78, 5) is 21.3. The van der Waals surface area contributed by atoms with E-state index in [0.717, 1.165) is 31.5 Å². The first-order valence-electron chi connectivity index (χ1n) is 5.80. The maximum absolute atomic E-state index is 11.2. The molecule has 2 amide bonds. The number of carboxylic acids is 1. The number of hydrogen-bond acceptors (Lipinski definition) is 2. The van der Waals surface area contributed by atoms with Gasteiger partial charge in [0, 0.05) is 18.8 Å². The summed E-state index contributed by atoms with van der Waals surface area (Å²) in [7, 11) is 0. The minimum Gasteiger partial charge on any atom is -0.478 e. The van der Waals surface area contributed by atoms with Gasteiger partial charge in [0.25, 0.3) is 0 Å². The maximum Gasteiger partial charge on any atom is 0.329 e. The van der Waals surface area contributed by atoms with Crippen molar-refractivity contribution < 1.29 is 14.7 Å². The lowest BCUT2D eigenvalue weighted by molar-refractivity contribution is -0.131. The van der Waals surface area contributed by atoms with E-state index in [0.29, 0.717) is 6.54 Å². The normalized spacial score (nSPS) is 15.4. The monoisotopic (exact) mass is 238 g/mol. The Hall–Kier alpha value is -1.78. The highest BCUT2D eigenvalue weighted by Crippen LogP contribution is 2.19. The van der Waals surface area contributed by atoms with Crippen LogP contribution in [0.3, 0.4) is 0 Å². The Morgan fingerprint density at radius 3 is 2.88 bits per heavy atom. The molecule has 0 aromatic rings. The highest BCUT2D eigenvalue weighted by molar-refractivity contribution is 5.81. The Morgan fingerprint density at radius 2 is 2.24 bits per heavy atom. The number of aliphatic carboxylic acids is 1. The fourth-order valence-corrected chi connectivity index (χ4v) is 1.71. The van der Waals surface area contributed by atoms with E-state index in [2.05, 4.69) is 16.7 Å². The Labute approximate surface area is 101 Å². The topological polar surface area (TPSA) is 78.4 Å². The number of hydrogen-bond donors (Lipinski definition) is 3. The number of amides is 2. The standard InChI is InChI=1S/C12H18N2O3/c15-11(16)7-9-14-12(17)13-8-6-10-4-2-1-3-5-10/h4,7,9H,1-3,5-6,8H2,(H,15,16)(H2,13,14,17)/b9-7+. The van der Waals surface area contributed by atoms with Crippen LogP contribution in [0.4, 0.5) is 4.79 Å². The van der Waals surface area contributed by atoms with E-state index in [9.17, 15) is 9.59 Å². The van der Waals surface area contributed by atoms with Gasteiger partial charge in [-0.2, -0.15) is 0 Å². The Bertz CT molecular complexity index is 335. The lowest BCUT2D eigenvalue weighted by atomic mass is 9.97. The van der Waals surface area contributed by atoms with Crippen molar-refractivity contribution in [2.24, 2.45) is 0 Å². The number of nitrogens with one attached hydrogen (secondary N) is 2. The SMILES string of the molecule is O=C(O)/C=C/NC(=O)NCCC1=CCCCC1. The first-order valence-corrected chi connectivity index (χ1v) is 5.80. The molecule has 1 rings (SSSR count). The second-order valence-corrected chi connectivity index (χ2v) is 3.93. The van der Waals surface area contributed by atoms with Crippen LogP contribution in [0.2, 0.25) is 0 Å². The summed E-state index contributed by atoms with van der Waals surface area (Å²) in [6.45, 7) is 0.582. The number of carbonyl (C=O) groups is 2. The van der Waals surface area contributed by atoms with Gasteiger partial charge in [0.1, 0.15) is 0 Å². The highest BCUT2D eigenvalue weighted by atomic mass is 16.4. The van der Waals surface area contributed by atoms with E-state index in [1.54, 1.807) is 0 Å². The van der Waals surface area contributed by atoms with Crippen molar-refractivity contribution in [1.82, 2.24) is 10.6 Å². The molecular weight excluding hydrogens is 220 g/mol. The van der Waals surface area contributed by atoms with E-state index in [1.165, 1.54) is 18.4 Å². The molecular formula is C12H18N2O3. The van der Waals surface area contributed by atoms with E-state index >= 15 is 0 Å². The van der Waals surface area contributed by atoms with Crippen LogP contribution in [0, 0.1) is 0 Å². The van der Waals surface area contributed by atoms with Crippen molar-refractivity contribution in [3.63, 3.8) is 0 Å². The van der Waals surface area contributed by atoms with Gasteiger partial charge in [-0.25, -0.2) is 9.59 Å². The molecule has 0 aromatic heterocycles. The van der Waals surface area contributed by atoms with E-state index < -0.39 is 5.97 Å². The number of carbonyl (C=O) groups excluding carboxylic acids is 1. The van der Waals surface area contributed by atoms with Crippen molar-refractivity contribution >= 4 is 12.0 Å². The zero-order valence-corrected chi connectivity index (χ0v) is 9.74. The predicted octanol–water partition coefficient (Wildman–Crippen LogP) is 1.77. The summed E-state index contributed by atoms with van der Waals surface area (Å²) in [5, 5.41) is 13.3. The van der Waals surface area contributed by atoms with Gasteiger partial charge in [-0.3, -0.25) is 0 Å². The zero-order valence-electron chi connectivity index (χ0n) is 9.74. The smallest absolute Gasteiger partial charge is 0.329 e. The van der Waals surface area contributed by atoms with Crippen molar-refractivity contribution in [3.05, 3.63) is 23.9 Å². The third-order valence-electron chi connectivity index (χ3n) is 2.56. The van der Waals surface area contributed by atoms with Gasteiger partial charge in [-0.05, 0) is 32.1 Å². The molecule has 5 nitrogen and oxygen atoms in total. The molecule has 0 heterocycles. The fraction of sp³-hybridized carbons (Fsp3) is 0.500. The summed E-state index contributed by atoms with van der Waals surface area (Å²) in [6.07, 6.45) is 9.87. The third-order valence-corrected chi connectivity index (χ3v) is 2.56. The molecule has 1 aliphatic rings. The Kier molecular flexibility index (Phi) is 5.85. The second kappa shape index (κ2) is 7.49. The Balaban J connectivity index is 2.11. The van der Waals surface area contributed by atoms with Gasteiger partial charge < -0.3 is 15.7 Å². The lowest BCUT2D eigenvalue weighted by Crippen LogP contribution is -2.33. The molecule has 1 aliphatic carbocycles. The lowest BCUT2D eigenvalue weighted by Gasteiger charge is -2.12. The molecule has 17 heavy (non-hydrogen) atoms. The van der Waals surface area contributed by atoms with Gasteiger partial charge in [-0.15, -0.1) is 0 Å². The van der Waals surface area contributed by atoms with Gasteiger partial charge in [0.2, 0.25) is 0 Å². The zero-order chi connectivity index (χ0) is 12.5. The van der Waals surface area contributed by atoms with E-state index in [1.807, 2.05) is 0 Å². The molecule has 0 aliphatic heterocycles. The highest BCUT2D eigenvalue weighted by Gasteiger charge is 2.04. The van der Waals surface area contributed by atoms with Gasteiger partial charge >= 0.3 is 12.0 Å². The molecule has 0 saturated carbocycles. The van der Waals surface area contributed by atoms with Crippen LogP contribution in [-0.4, -0.2) is 23.7 Å². The van der Waals surface area contributed by atoms with Gasteiger partial charge in [-0.1, -0.05) is 11.6 Å². The molecule has 94 valence electrons. The number of rotatable bonds is 5. The molecule has 0 saturated heterocycles. The van der Waals surface area contributed by atoms with Crippen LogP contribution < -0.4 is 10.6 Å². The average Bonchev–Trinajstić information content (AvgIpc) is 2.30. The molecule has 0 radical (unpaired) electrons. The van der Waals surface area contributed by atoms with Crippen molar-refractivity contribution in [1.29, 1.82) is 0 Å². The van der Waals surface area contributed by atoms with Crippen LogP contribution in [0.5, 0.6) is 0 Å². The van der Waals surface area contributed by atoms with Crippen molar-refractivity contribution in [2.45, 2.75) is 32.1 Å². The number of urea groups is 1. The van der Waals surface area contributed by atoms with Crippen LogP contribution in [-0.2, 0) is 4.79 Å². The first kappa shape index (κ1) is 13.3. The molecule has 0 aromatic carbocycles. The van der Waals surface area contributed by atoms with Crippen LogP contribution in [0.1, 0.15) is 32.1 Å². The number of carboxylic acid groups (broad SMARTS) is 1. The van der Waals surface area contributed by atoms with Gasteiger partial charge in [0.05, 0.1) is 0 Å². The van der Waals surface area contributed by atoms with Crippen LogP contribution in [0.25, 0.3) is 0 Å². The second-order valence-electron chi connectivity index (χ2n) is 3.93. The van der Waals surface area contributed by atoms with Gasteiger partial charge in [0.15, 0.2) is 0 Å². The van der Waals surface area contributed by atoms with Crippen molar-refractivity contribution in [2.75, 3.05) is 6.54 Å². The Morgan fingerprint density at radius 1 is 1.41 bits per heavy atom. The summed E-state index contributed by atoms with van der Waals surface area (Å²) < 4.78 is 0. The molecule has 3 N–H and O–H groups in total. The summed E-state index contributed by atoms with van der Waals surface area (Å²) in [5.41, 5.74) is 1.40. The summed E-state index contributed by atoms with van der Waals surface area (Å²) >= 11 is 0. The molecule has 0 atom stereocenters. The average molecular weight is 238 g/mol. The molecule has 0 fully saturated rings. The predicted molar refractivity (Wildman–Crippen MR) is 64.5 cm³/mol. The largest absolute Gasteiger partial charge is 0.478 e. The molecule has 0 spiro atoms. The molecule has 0 bridgehead atoms. The number of allylic oxidation sites excluding steroid dienone is 1. The minimum atomic E-state index is -1.09. The van der Waals surface area contributed by atoms with E-state index in [4.69, 9.17) is 5.11 Å². The minimum absolute atomic E-state index is 0.376. The molecule has 5 heteroatoms. The van der Waals surface area contributed by atoms with Crippen LogP contribution in [0.15, 0.2) is 23.9 Å². The summed E-state index contributed by atoms with van der Waals surface area (Å²) in [6, 6.07) is -0.376. The maximum atomic E-state index is 11.2. The quantitative estimate of drug-likeness (QED) is 0.504. The fourth-order valence-electron chi connectivity index (χ4n) is 1.71. The van der Waals surface area contributed by atoms with E-state index in [-0.39, 0.29) is 6.03 Å². The van der Waals surface area contributed by atoms with Crippen molar-refractivity contribution in [3.8, 4) is 0 Å². The first-order chi connectivity index (χ1) is 8.18. The summed E-state index contributed by atoms with van der Waals surface area (Å²) in [5.74, 6) is -1.09. The van der Waals surface area contributed by atoms with Crippen LogP contribution >= 0.6 is 0 Å². The third kappa shape index (κ3) is 6.40. The molecule has 0 unspecified atom stereocenters.